The summed E-state index contributed by atoms with van der Waals surface area (Å²) < 4.78 is 9.87. The van der Waals surface area contributed by atoms with E-state index >= 15 is 0 Å². The molecule has 33 heavy (non-hydrogen) atoms. The smallest absolute Gasteiger partial charge is 0.453 e. The SMILES string of the molecule is COC(=O)NCC(OC(=O)O)[C@@H]1CC[C@@]2(C)[C@@H](CC[C@@H]3[C@@H]2CC[C@]2(C)[C@@H](C(C)=O)CC[C@@H]32)C1. The number of hydrogen-bond donors (Lipinski definition) is 2. The molecular weight excluding hydrogens is 422 g/mol. The number of carbonyl (C=O) groups is 3. The van der Waals surface area contributed by atoms with Gasteiger partial charge in [-0.05, 0) is 105 Å². The second-order valence-electron chi connectivity index (χ2n) is 11.8. The monoisotopic (exact) mass is 463 g/mol. The van der Waals surface area contributed by atoms with Gasteiger partial charge in [-0.25, -0.2) is 9.59 Å². The third-order valence-corrected chi connectivity index (χ3v) is 10.6. The van der Waals surface area contributed by atoms with Crippen molar-refractivity contribution in [2.24, 2.45) is 46.3 Å². The summed E-state index contributed by atoms with van der Waals surface area (Å²) in [5.74, 6) is 3.32. The van der Waals surface area contributed by atoms with Crippen LogP contribution in [0.25, 0.3) is 0 Å². The third kappa shape index (κ3) is 4.25. The Morgan fingerprint density at radius 2 is 1.70 bits per heavy atom. The van der Waals surface area contributed by atoms with E-state index in [0.717, 1.165) is 38.5 Å². The number of ether oxygens (including phenoxy) is 2. The fourth-order valence-electron chi connectivity index (χ4n) is 8.99. The van der Waals surface area contributed by atoms with Crippen molar-refractivity contribution in [1.29, 1.82) is 0 Å². The lowest BCUT2D eigenvalue weighted by atomic mass is 9.44. The lowest BCUT2D eigenvalue weighted by Gasteiger charge is -2.61. The summed E-state index contributed by atoms with van der Waals surface area (Å²) in [6.45, 7) is 6.80. The van der Waals surface area contributed by atoms with Gasteiger partial charge in [0, 0.05) is 5.92 Å². The van der Waals surface area contributed by atoms with Crippen molar-refractivity contribution in [2.45, 2.75) is 84.7 Å². The van der Waals surface area contributed by atoms with Gasteiger partial charge in [-0.3, -0.25) is 4.79 Å². The van der Waals surface area contributed by atoms with Crippen molar-refractivity contribution >= 4 is 18.0 Å². The minimum atomic E-state index is -1.29. The van der Waals surface area contributed by atoms with Crippen LogP contribution in [0.3, 0.4) is 0 Å². The van der Waals surface area contributed by atoms with Crippen molar-refractivity contribution in [3.05, 3.63) is 0 Å². The molecule has 0 heterocycles. The molecule has 2 N–H and O–H groups in total. The molecule has 4 aliphatic carbocycles. The Morgan fingerprint density at radius 3 is 2.36 bits per heavy atom. The Balaban J connectivity index is 1.47. The molecule has 0 aromatic rings. The number of fused-ring (bicyclic) bond motifs is 5. The average Bonchev–Trinajstić information content (AvgIpc) is 3.13. The second kappa shape index (κ2) is 9.10. The number of alkyl carbamates (subject to hydrolysis) is 1. The number of carbonyl (C=O) groups excluding carboxylic acids is 2. The van der Waals surface area contributed by atoms with E-state index in [9.17, 15) is 19.5 Å². The minimum absolute atomic E-state index is 0.107. The molecule has 0 aliphatic heterocycles. The molecule has 1 unspecified atom stereocenters. The van der Waals surface area contributed by atoms with E-state index in [1.165, 1.54) is 26.4 Å². The van der Waals surface area contributed by atoms with Crippen molar-refractivity contribution < 1.29 is 29.0 Å². The first-order valence-electron chi connectivity index (χ1n) is 12.8. The van der Waals surface area contributed by atoms with E-state index < -0.39 is 18.4 Å². The van der Waals surface area contributed by atoms with Gasteiger partial charge in [-0.15, -0.1) is 0 Å². The first kappa shape index (κ1) is 24.3. The van der Waals surface area contributed by atoms with Crippen molar-refractivity contribution in [1.82, 2.24) is 5.32 Å². The lowest BCUT2D eigenvalue weighted by Crippen LogP contribution is -2.54. The van der Waals surface area contributed by atoms with Crippen LogP contribution in [0.15, 0.2) is 0 Å². The Morgan fingerprint density at radius 1 is 1.00 bits per heavy atom. The number of Topliss-reactive ketones (excluding diaryl/α,β-unsaturated/α-hetero) is 1. The van der Waals surface area contributed by atoms with Gasteiger partial charge in [-0.1, -0.05) is 13.8 Å². The van der Waals surface area contributed by atoms with Crippen molar-refractivity contribution in [2.75, 3.05) is 13.7 Å². The zero-order valence-corrected chi connectivity index (χ0v) is 20.6. The van der Waals surface area contributed by atoms with Gasteiger partial charge < -0.3 is 19.9 Å². The molecule has 1 amide bonds. The molecule has 4 fully saturated rings. The van der Waals surface area contributed by atoms with Gasteiger partial charge in [-0.2, -0.15) is 0 Å². The molecule has 7 heteroatoms. The van der Waals surface area contributed by atoms with Gasteiger partial charge in [0.05, 0.1) is 13.7 Å². The molecule has 4 saturated carbocycles. The Bertz CT molecular complexity index is 785. The largest absolute Gasteiger partial charge is 0.506 e. The van der Waals surface area contributed by atoms with E-state index in [0.29, 0.717) is 29.5 Å². The molecule has 186 valence electrons. The predicted octanol–water partition coefficient (Wildman–Crippen LogP) is 5.27. The predicted molar refractivity (Wildman–Crippen MR) is 123 cm³/mol. The quantitative estimate of drug-likeness (QED) is 0.539. The van der Waals surface area contributed by atoms with Crippen LogP contribution in [-0.2, 0) is 14.3 Å². The van der Waals surface area contributed by atoms with Crippen LogP contribution in [0.2, 0.25) is 0 Å². The number of methoxy groups -OCH3 is 1. The molecular formula is C26H41NO6. The van der Waals surface area contributed by atoms with E-state index in [1.54, 1.807) is 6.92 Å². The van der Waals surface area contributed by atoms with Gasteiger partial charge in [0.25, 0.3) is 0 Å². The zero-order chi connectivity index (χ0) is 24.0. The Kier molecular flexibility index (Phi) is 6.71. The molecule has 0 bridgehead atoms. The van der Waals surface area contributed by atoms with Crippen LogP contribution in [0.5, 0.6) is 0 Å². The number of rotatable bonds is 5. The highest BCUT2D eigenvalue weighted by molar-refractivity contribution is 5.79. The van der Waals surface area contributed by atoms with E-state index in [2.05, 4.69) is 23.9 Å². The first-order chi connectivity index (χ1) is 15.6. The molecule has 9 atom stereocenters. The van der Waals surface area contributed by atoms with Gasteiger partial charge in [0.1, 0.15) is 11.9 Å². The highest BCUT2D eigenvalue weighted by Crippen LogP contribution is 2.68. The van der Waals surface area contributed by atoms with Crippen molar-refractivity contribution in [3.63, 3.8) is 0 Å². The summed E-state index contributed by atoms with van der Waals surface area (Å²) in [6, 6.07) is 0. The molecule has 4 aliphatic rings. The highest BCUT2D eigenvalue weighted by Gasteiger charge is 2.61. The maximum Gasteiger partial charge on any atom is 0.506 e. The third-order valence-electron chi connectivity index (χ3n) is 10.6. The van der Waals surface area contributed by atoms with Crippen LogP contribution in [-0.4, -0.2) is 42.9 Å². The van der Waals surface area contributed by atoms with Crippen LogP contribution >= 0.6 is 0 Å². The van der Waals surface area contributed by atoms with E-state index in [1.807, 2.05) is 0 Å². The van der Waals surface area contributed by atoms with Crippen LogP contribution in [0.4, 0.5) is 9.59 Å². The molecule has 0 spiro atoms. The fraction of sp³-hybridized carbons (Fsp3) is 0.885. The maximum absolute atomic E-state index is 12.4. The van der Waals surface area contributed by atoms with Gasteiger partial charge >= 0.3 is 12.2 Å². The summed E-state index contributed by atoms with van der Waals surface area (Å²) >= 11 is 0. The molecule has 0 radical (unpaired) electrons. The highest BCUT2D eigenvalue weighted by atomic mass is 16.7. The zero-order valence-electron chi connectivity index (χ0n) is 20.6. The summed E-state index contributed by atoms with van der Waals surface area (Å²) in [7, 11) is 1.30. The topological polar surface area (TPSA) is 102 Å². The number of nitrogens with one attached hydrogen (secondary N) is 1. The standard InChI is InChI=1S/C26H41NO6/c1-15(28)19-7-8-20-18-6-5-17-13-16(22(33-24(30)31)14-27-23(29)32-4)9-11-25(17,2)21(18)10-12-26(19,20)3/h16-22H,5-14H2,1-4H3,(H,27,29)(H,30,31)/t16-,17+,18+,19-,20+,21+,22?,25+,26-/m1/s1. The molecule has 7 nitrogen and oxygen atoms in total. The minimum Gasteiger partial charge on any atom is -0.453 e. The average molecular weight is 464 g/mol. The van der Waals surface area contributed by atoms with Gasteiger partial charge in [0.2, 0.25) is 0 Å². The second-order valence-corrected chi connectivity index (χ2v) is 11.8. The Hall–Kier alpha value is -1.79. The Labute approximate surface area is 197 Å². The normalized spacial score (nSPS) is 42.8. The fourth-order valence-corrected chi connectivity index (χ4v) is 8.99. The first-order valence-corrected chi connectivity index (χ1v) is 12.8. The molecule has 0 saturated heterocycles. The molecule has 4 rings (SSSR count). The van der Waals surface area contributed by atoms with E-state index in [4.69, 9.17) is 4.74 Å². The maximum atomic E-state index is 12.4. The van der Waals surface area contributed by atoms with Gasteiger partial charge in [0.15, 0.2) is 0 Å². The van der Waals surface area contributed by atoms with Crippen molar-refractivity contribution in [3.8, 4) is 0 Å². The summed E-state index contributed by atoms with van der Waals surface area (Å²) in [5.41, 5.74) is 0.436. The summed E-state index contributed by atoms with van der Waals surface area (Å²) in [4.78, 5) is 35.2. The summed E-state index contributed by atoms with van der Waals surface area (Å²) in [6.07, 6.45) is 7.50. The number of carboxylic acid groups (broad SMARTS) is 1. The summed E-state index contributed by atoms with van der Waals surface area (Å²) in [5, 5.41) is 11.9. The van der Waals surface area contributed by atoms with Crippen LogP contribution < -0.4 is 5.32 Å². The van der Waals surface area contributed by atoms with Crippen LogP contribution in [0.1, 0.15) is 78.6 Å². The lowest BCUT2D eigenvalue weighted by molar-refractivity contribution is -0.138. The van der Waals surface area contributed by atoms with E-state index in [-0.39, 0.29) is 29.2 Å². The molecule has 0 aromatic carbocycles. The number of ketones is 1. The number of amides is 1. The number of hydrogen-bond acceptors (Lipinski definition) is 5. The molecule has 0 aromatic heterocycles. The van der Waals surface area contributed by atoms with Crippen LogP contribution in [0, 0.1) is 46.3 Å².